The van der Waals surface area contributed by atoms with Gasteiger partial charge in [0, 0.05) is 4.90 Å². The number of hydrogen-bond donors (Lipinski definition) is 1. The number of thiocarbonyl (C=S) groups is 1. The summed E-state index contributed by atoms with van der Waals surface area (Å²) in [6, 6.07) is 9.83. The van der Waals surface area contributed by atoms with Gasteiger partial charge in [-0.05, 0) is 12.1 Å². The van der Waals surface area contributed by atoms with Gasteiger partial charge < -0.3 is 5.73 Å². The fourth-order valence-electron chi connectivity index (χ4n) is 0.605. The summed E-state index contributed by atoms with van der Waals surface area (Å²) in [4.78, 5) is 1.09. The van der Waals surface area contributed by atoms with E-state index in [0.717, 1.165) is 4.90 Å². The van der Waals surface area contributed by atoms with Gasteiger partial charge >= 0.3 is 29.6 Å². The van der Waals surface area contributed by atoms with Gasteiger partial charge in [-0.2, -0.15) is 0 Å². The third-order valence-corrected chi connectivity index (χ3v) is 1.92. The van der Waals surface area contributed by atoms with E-state index in [4.69, 9.17) is 18.0 Å². The van der Waals surface area contributed by atoms with Crippen LogP contribution in [-0.2, 0) is 0 Å². The van der Waals surface area contributed by atoms with Gasteiger partial charge in [0.25, 0.3) is 0 Å². The van der Waals surface area contributed by atoms with Crippen LogP contribution in [0.2, 0.25) is 0 Å². The van der Waals surface area contributed by atoms with Gasteiger partial charge in [0.2, 0.25) is 0 Å². The second-order valence-electron chi connectivity index (χ2n) is 1.73. The molecule has 1 aromatic carbocycles. The second kappa shape index (κ2) is 6.03. The molecule has 0 atom stereocenters. The van der Waals surface area contributed by atoms with Gasteiger partial charge in [0.1, 0.15) is 4.32 Å². The third kappa shape index (κ3) is 4.82. The van der Waals surface area contributed by atoms with Crippen molar-refractivity contribution < 1.29 is 0 Å². The average Bonchev–Trinajstić information content (AvgIpc) is 1.88. The van der Waals surface area contributed by atoms with E-state index in [0.29, 0.717) is 4.32 Å². The minimum atomic E-state index is 0. The maximum atomic E-state index is 5.32. The molecule has 0 aliphatic heterocycles. The topological polar surface area (TPSA) is 26.0 Å². The van der Waals surface area contributed by atoms with Crippen LogP contribution in [0.3, 0.4) is 0 Å². The van der Waals surface area contributed by atoms with Crippen molar-refractivity contribution in [3.63, 3.8) is 0 Å². The molecule has 0 radical (unpaired) electrons. The number of thioether (sulfide) groups is 1. The Bertz CT molecular complexity index is 225. The number of benzene rings is 1. The van der Waals surface area contributed by atoms with Crippen LogP contribution < -0.4 is 5.73 Å². The molecular formula is C7H8NNaS2. The normalized spacial score (nSPS) is 8.36. The molecule has 0 saturated carbocycles. The van der Waals surface area contributed by atoms with Crippen LogP contribution in [-0.4, -0.2) is 33.9 Å². The van der Waals surface area contributed by atoms with E-state index in [1.54, 1.807) is 0 Å². The van der Waals surface area contributed by atoms with Gasteiger partial charge in [0.15, 0.2) is 0 Å². The molecule has 0 bridgehead atoms. The van der Waals surface area contributed by atoms with Crippen molar-refractivity contribution in [3.8, 4) is 0 Å². The SMILES string of the molecule is NC(=S)Sc1ccccc1.[NaH]. The molecule has 0 spiro atoms. The Labute approximate surface area is 98.0 Å². The van der Waals surface area contributed by atoms with E-state index in [9.17, 15) is 0 Å². The van der Waals surface area contributed by atoms with Crippen molar-refractivity contribution in [2.24, 2.45) is 5.73 Å². The molecule has 0 unspecified atom stereocenters. The van der Waals surface area contributed by atoms with Crippen molar-refractivity contribution in [2.75, 3.05) is 0 Å². The molecular weight excluding hydrogens is 185 g/mol. The summed E-state index contributed by atoms with van der Waals surface area (Å²) in [6.45, 7) is 0. The summed E-state index contributed by atoms with van der Waals surface area (Å²) in [6.07, 6.45) is 0. The summed E-state index contributed by atoms with van der Waals surface area (Å²) in [5, 5.41) is 0. The molecule has 0 fully saturated rings. The monoisotopic (exact) mass is 193 g/mol. The van der Waals surface area contributed by atoms with E-state index in [1.165, 1.54) is 11.8 Å². The molecule has 4 heteroatoms. The zero-order valence-electron chi connectivity index (χ0n) is 5.28. The molecule has 2 N–H and O–H groups in total. The summed E-state index contributed by atoms with van der Waals surface area (Å²) in [7, 11) is 0. The van der Waals surface area contributed by atoms with Crippen LogP contribution in [0.4, 0.5) is 0 Å². The molecule has 1 rings (SSSR count). The zero-order valence-corrected chi connectivity index (χ0v) is 6.91. The first-order chi connectivity index (χ1) is 4.79. The van der Waals surface area contributed by atoms with Crippen molar-refractivity contribution >= 4 is 57.9 Å². The van der Waals surface area contributed by atoms with Gasteiger partial charge in [-0.1, -0.05) is 42.2 Å². The van der Waals surface area contributed by atoms with E-state index in [-0.39, 0.29) is 29.6 Å². The fraction of sp³-hybridized carbons (Fsp3) is 0. The van der Waals surface area contributed by atoms with Crippen LogP contribution in [0.25, 0.3) is 0 Å². The first kappa shape index (κ1) is 11.5. The molecule has 1 nitrogen and oxygen atoms in total. The Kier molecular flexibility index (Phi) is 6.28. The first-order valence-electron chi connectivity index (χ1n) is 2.81. The Morgan fingerprint density at radius 1 is 1.27 bits per heavy atom. The molecule has 1 aromatic rings. The molecule has 0 saturated heterocycles. The Morgan fingerprint density at radius 3 is 2.27 bits per heavy atom. The molecule has 0 amide bonds. The summed E-state index contributed by atoms with van der Waals surface area (Å²) in [5.41, 5.74) is 5.32. The van der Waals surface area contributed by atoms with Gasteiger partial charge in [-0.15, -0.1) is 0 Å². The van der Waals surface area contributed by atoms with Crippen LogP contribution in [0.1, 0.15) is 0 Å². The summed E-state index contributed by atoms with van der Waals surface area (Å²) in [5.74, 6) is 0. The predicted molar refractivity (Wildman–Crippen MR) is 56.2 cm³/mol. The van der Waals surface area contributed by atoms with Crippen molar-refractivity contribution in [1.29, 1.82) is 0 Å². The molecule has 0 aromatic heterocycles. The van der Waals surface area contributed by atoms with E-state index in [1.807, 2.05) is 30.3 Å². The Balaban J connectivity index is 0.000001000. The van der Waals surface area contributed by atoms with E-state index < -0.39 is 0 Å². The fourth-order valence-corrected chi connectivity index (χ4v) is 1.42. The second-order valence-corrected chi connectivity index (χ2v) is 3.55. The molecule has 11 heavy (non-hydrogen) atoms. The molecule has 54 valence electrons. The third-order valence-electron chi connectivity index (χ3n) is 0.962. The number of hydrogen-bond acceptors (Lipinski definition) is 2. The Hall–Kier alpha value is 0.460. The molecule has 0 aliphatic rings. The van der Waals surface area contributed by atoms with Crippen LogP contribution in [0, 0.1) is 0 Å². The maximum absolute atomic E-state index is 5.32. The van der Waals surface area contributed by atoms with Gasteiger partial charge in [0.05, 0.1) is 0 Å². The summed E-state index contributed by atoms with van der Waals surface area (Å²) < 4.78 is 0.464. The quantitative estimate of drug-likeness (QED) is 0.414. The molecule has 0 aliphatic carbocycles. The number of nitrogens with two attached hydrogens (primary N) is 1. The van der Waals surface area contributed by atoms with E-state index >= 15 is 0 Å². The van der Waals surface area contributed by atoms with Gasteiger partial charge in [-0.25, -0.2) is 0 Å². The van der Waals surface area contributed by atoms with Crippen molar-refractivity contribution in [3.05, 3.63) is 30.3 Å². The zero-order chi connectivity index (χ0) is 7.40. The van der Waals surface area contributed by atoms with Gasteiger partial charge in [-0.3, -0.25) is 0 Å². The predicted octanol–water partition coefficient (Wildman–Crippen LogP) is 1.37. The first-order valence-corrected chi connectivity index (χ1v) is 4.04. The van der Waals surface area contributed by atoms with Crippen molar-refractivity contribution in [1.82, 2.24) is 0 Å². The minimum absolute atomic E-state index is 0. The average molecular weight is 193 g/mol. The Morgan fingerprint density at radius 2 is 1.82 bits per heavy atom. The number of rotatable bonds is 1. The standard InChI is InChI=1S/C7H7NS2.Na.H/c8-7(9)10-6-4-2-1-3-5-6;;/h1-5H,(H2,8,9);;. The summed E-state index contributed by atoms with van der Waals surface area (Å²) >= 11 is 6.13. The van der Waals surface area contributed by atoms with Crippen LogP contribution in [0.15, 0.2) is 35.2 Å². The van der Waals surface area contributed by atoms with Crippen molar-refractivity contribution in [2.45, 2.75) is 4.90 Å². The van der Waals surface area contributed by atoms with Crippen LogP contribution >= 0.6 is 24.0 Å². The molecule has 0 heterocycles. The van der Waals surface area contributed by atoms with Crippen LogP contribution in [0.5, 0.6) is 0 Å². The van der Waals surface area contributed by atoms with E-state index in [2.05, 4.69) is 0 Å².